The lowest BCUT2D eigenvalue weighted by atomic mass is 10.1. The molecule has 0 unspecified atom stereocenters. The van der Waals surface area contributed by atoms with E-state index in [0.29, 0.717) is 55.6 Å². The molecule has 9 nitrogen and oxygen atoms in total. The smallest absolute Gasteiger partial charge is 0.228 e. The normalized spacial score (nSPS) is 15.8. The van der Waals surface area contributed by atoms with Crippen LogP contribution in [0.4, 0.5) is 5.69 Å². The van der Waals surface area contributed by atoms with Crippen molar-refractivity contribution in [2.45, 2.75) is 20.0 Å². The Kier molecular flexibility index (Phi) is 7.28. The molecular formula is C26H29N5O4S. The number of hydrogen-bond acceptors (Lipinski definition) is 9. The lowest BCUT2D eigenvalue weighted by molar-refractivity contribution is -0.110. The second kappa shape index (κ2) is 10.8. The van der Waals surface area contributed by atoms with Crippen LogP contribution in [0.15, 0.2) is 53.1 Å². The van der Waals surface area contributed by atoms with Gasteiger partial charge < -0.3 is 14.4 Å². The molecule has 1 aliphatic rings. The molecule has 1 saturated heterocycles. The van der Waals surface area contributed by atoms with Crippen molar-refractivity contribution in [2.75, 3.05) is 44.3 Å². The van der Waals surface area contributed by atoms with Gasteiger partial charge in [0.1, 0.15) is 29.8 Å². The number of hydrogen-bond donors (Lipinski definition) is 1. The number of aryl methyl sites for hydroxylation is 2. The van der Waals surface area contributed by atoms with Crippen LogP contribution in [0.2, 0.25) is 0 Å². The molecule has 1 fully saturated rings. The molecule has 10 heteroatoms. The zero-order valence-electron chi connectivity index (χ0n) is 20.3. The van der Waals surface area contributed by atoms with Gasteiger partial charge in [0.2, 0.25) is 6.41 Å². The molecule has 0 bridgehead atoms. The summed E-state index contributed by atoms with van der Waals surface area (Å²) in [6, 6.07) is 15.5. The number of fused-ring (bicyclic) bond motifs is 1. The number of β-amino-alcohol motifs (C(OH)–C–C–N with tert-alkyl or cyclic N) is 1. The Hall–Kier alpha value is -3.31. The highest BCUT2D eigenvalue weighted by molar-refractivity contribution is 7.18. The van der Waals surface area contributed by atoms with Crippen LogP contribution in [0.5, 0.6) is 5.75 Å². The van der Waals surface area contributed by atoms with Crippen LogP contribution < -0.4 is 9.75 Å². The molecule has 4 aromatic rings. The highest BCUT2D eigenvalue weighted by atomic mass is 32.1. The van der Waals surface area contributed by atoms with Crippen LogP contribution in [0.1, 0.15) is 10.7 Å². The van der Waals surface area contributed by atoms with Crippen LogP contribution in [0, 0.1) is 13.8 Å². The first-order chi connectivity index (χ1) is 17.5. The Bertz CT molecular complexity index is 1320. The number of anilines is 1. The van der Waals surface area contributed by atoms with Crippen molar-refractivity contribution >= 4 is 33.7 Å². The number of aromatic nitrogens is 2. The highest BCUT2D eigenvalue weighted by Gasteiger charge is 2.29. The van der Waals surface area contributed by atoms with Crippen LogP contribution in [0.3, 0.4) is 0 Å². The fourth-order valence-electron chi connectivity index (χ4n) is 4.47. The van der Waals surface area contributed by atoms with Gasteiger partial charge in [-0.15, -0.1) is 11.3 Å². The third-order valence-corrected chi connectivity index (χ3v) is 7.18. The van der Waals surface area contributed by atoms with Crippen molar-refractivity contribution in [3.8, 4) is 17.1 Å². The van der Waals surface area contributed by atoms with E-state index >= 15 is 0 Å². The van der Waals surface area contributed by atoms with Crippen molar-refractivity contribution in [3.05, 3.63) is 59.2 Å². The number of rotatable bonds is 9. The predicted molar refractivity (Wildman–Crippen MR) is 139 cm³/mol. The van der Waals surface area contributed by atoms with Crippen molar-refractivity contribution in [1.29, 1.82) is 0 Å². The standard InChI is InChI=1S/C26H29N5O4S/c1-18-25(26(35-28-18)20-6-4-3-5-7-20)31(17-32)30-12-10-29(11-13-30)15-21(33)16-34-22-8-9-24-23(14-22)27-19(2)36-24/h3-9,14,17,21,33H,10-13,15-16H2,1-2H3/t21-/m1/s1. The van der Waals surface area contributed by atoms with E-state index in [2.05, 4.69) is 15.0 Å². The molecule has 188 valence electrons. The molecule has 1 amide bonds. The average molecular weight is 508 g/mol. The number of benzene rings is 2. The van der Waals surface area contributed by atoms with Crippen molar-refractivity contribution in [2.24, 2.45) is 0 Å². The Labute approximate surface area is 213 Å². The predicted octanol–water partition coefficient (Wildman–Crippen LogP) is 3.50. The monoisotopic (exact) mass is 507 g/mol. The van der Waals surface area contributed by atoms with E-state index < -0.39 is 6.10 Å². The van der Waals surface area contributed by atoms with E-state index in [1.165, 1.54) is 0 Å². The van der Waals surface area contributed by atoms with Gasteiger partial charge in [-0.25, -0.2) is 15.0 Å². The number of aliphatic hydroxyl groups is 1. The van der Waals surface area contributed by atoms with Crippen molar-refractivity contribution in [3.63, 3.8) is 0 Å². The number of carbonyl (C=O) groups excluding carboxylic acids is 1. The average Bonchev–Trinajstić information content (AvgIpc) is 3.46. The van der Waals surface area contributed by atoms with Gasteiger partial charge in [-0.05, 0) is 26.0 Å². The molecular weight excluding hydrogens is 478 g/mol. The lowest BCUT2D eigenvalue weighted by Crippen LogP contribution is -2.55. The molecule has 1 atom stereocenters. The summed E-state index contributed by atoms with van der Waals surface area (Å²) in [6.45, 7) is 7.19. The first kappa shape index (κ1) is 24.4. The minimum Gasteiger partial charge on any atom is -0.491 e. The minimum absolute atomic E-state index is 0.204. The summed E-state index contributed by atoms with van der Waals surface area (Å²) >= 11 is 1.65. The Morgan fingerprint density at radius 3 is 2.69 bits per heavy atom. The molecule has 2 aromatic heterocycles. The molecule has 2 aromatic carbocycles. The van der Waals surface area contributed by atoms with Gasteiger partial charge in [0, 0.05) is 44.4 Å². The van der Waals surface area contributed by atoms with E-state index in [0.717, 1.165) is 27.2 Å². The quantitative estimate of drug-likeness (QED) is 0.344. The van der Waals surface area contributed by atoms with Gasteiger partial charge in [-0.3, -0.25) is 9.69 Å². The van der Waals surface area contributed by atoms with E-state index in [1.54, 1.807) is 16.3 Å². The first-order valence-electron chi connectivity index (χ1n) is 11.9. The number of amides is 1. The number of ether oxygens (including phenoxy) is 1. The summed E-state index contributed by atoms with van der Waals surface area (Å²) in [6.07, 6.45) is 0.182. The summed E-state index contributed by atoms with van der Waals surface area (Å²) in [5.74, 6) is 1.28. The molecule has 1 aliphatic heterocycles. The van der Waals surface area contributed by atoms with Gasteiger partial charge in [-0.1, -0.05) is 35.5 Å². The summed E-state index contributed by atoms with van der Waals surface area (Å²) in [5.41, 5.74) is 3.09. The molecule has 0 saturated carbocycles. The van der Waals surface area contributed by atoms with E-state index in [1.807, 2.05) is 67.4 Å². The molecule has 3 heterocycles. The summed E-state index contributed by atoms with van der Waals surface area (Å²) in [5, 5.41) is 19.3. The number of piperazine rings is 1. The van der Waals surface area contributed by atoms with Crippen LogP contribution in [-0.4, -0.2) is 77.0 Å². The molecule has 1 N–H and O–H groups in total. The van der Waals surface area contributed by atoms with Crippen LogP contribution in [0.25, 0.3) is 21.5 Å². The fraction of sp³-hybridized carbons (Fsp3) is 0.346. The van der Waals surface area contributed by atoms with E-state index in [-0.39, 0.29) is 6.61 Å². The topological polar surface area (TPSA) is 95.2 Å². The number of aliphatic hydroxyl groups excluding tert-OH is 1. The summed E-state index contributed by atoms with van der Waals surface area (Å²) in [7, 11) is 0. The maximum absolute atomic E-state index is 12.1. The van der Waals surface area contributed by atoms with Crippen LogP contribution >= 0.6 is 11.3 Å². The van der Waals surface area contributed by atoms with Crippen LogP contribution in [-0.2, 0) is 4.79 Å². The van der Waals surface area contributed by atoms with Gasteiger partial charge in [0.15, 0.2) is 5.76 Å². The Morgan fingerprint density at radius 1 is 1.17 bits per heavy atom. The molecule has 0 radical (unpaired) electrons. The number of carbonyl (C=O) groups is 1. The second-order valence-corrected chi connectivity index (χ2v) is 10.1. The number of hydrazine groups is 1. The maximum atomic E-state index is 12.1. The number of thiazole rings is 1. The molecule has 5 rings (SSSR count). The first-order valence-corrected chi connectivity index (χ1v) is 12.7. The zero-order chi connectivity index (χ0) is 25.1. The summed E-state index contributed by atoms with van der Waals surface area (Å²) in [4.78, 5) is 18.8. The van der Waals surface area contributed by atoms with Gasteiger partial charge in [-0.2, -0.15) is 0 Å². The Balaban J connectivity index is 1.16. The van der Waals surface area contributed by atoms with E-state index in [4.69, 9.17) is 9.26 Å². The van der Waals surface area contributed by atoms with Gasteiger partial charge in [0.05, 0.1) is 15.2 Å². The third kappa shape index (κ3) is 5.26. The minimum atomic E-state index is -0.628. The largest absolute Gasteiger partial charge is 0.491 e. The number of nitrogens with zero attached hydrogens (tertiary/aromatic N) is 5. The van der Waals surface area contributed by atoms with Gasteiger partial charge in [0.25, 0.3) is 0 Å². The molecule has 0 aliphatic carbocycles. The molecule has 36 heavy (non-hydrogen) atoms. The highest BCUT2D eigenvalue weighted by Crippen LogP contribution is 2.34. The lowest BCUT2D eigenvalue weighted by Gasteiger charge is -2.39. The Morgan fingerprint density at radius 2 is 1.94 bits per heavy atom. The second-order valence-electron chi connectivity index (χ2n) is 8.84. The maximum Gasteiger partial charge on any atom is 0.228 e. The van der Waals surface area contributed by atoms with Crippen molar-refractivity contribution < 1.29 is 19.2 Å². The third-order valence-electron chi connectivity index (χ3n) is 6.23. The molecule has 0 spiro atoms. The van der Waals surface area contributed by atoms with Gasteiger partial charge >= 0.3 is 0 Å². The van der Waals surface area contributed by atoms with Crippen molar-refractivity contribution in [1.82, 2.24) is 20.0 Å². The summed E-state index contributed by atoms with van der Waals surface area (Å²) < 4.78 is 12.5. The SMILES string of the molecule is Cc1nc2cc(OC[C@H](O)CN3CCN(N(C=O)c4c(C)noc4-c4ccccc4)CC3)ccc2s1. The zero-order valence-corrected chi connectivity index (χ0v) is 21.1. The van der Waals surface area contributed by atoms with E-state index in [9.17, 15) is 9.90 Å². The fourth-order valence-corrected chi connectivity index (χ4v) is 5.27.